The lowest BCUT2D eigenvalue weighted by molar-refractivity contribution is 0.0753. The summed E-state index contributed by atoms with van der Waals surface area (Å²) in [5.74, 6) is -0.879. The van der Waals surface area contributed by atoms with Crippen molar-refractivity contribution < 1.29 is 17.6 Å². The number of carbonyl (C=O) groups is 1. The Hall–Kier alpha value is -2.00. The van der Waals surface area contributed by atoms with Crippen LogP contribution in [0.1, 0.15) is 15.9 Å². The van der Waals surface area contributed by atoms with E-state index in [4.69, 9.17) is 11.6 Å². The van der Waals surface area contributed by atoms with E-state index >= 15 is 0 Å². The molecule has 0 spiro atoms. The molecular formula is C20H23ClFN3O3S. The zero-order chi connectivity index (χ0) is 20.9. The largest absolute Gasteiger partial charge is 0.333 e. The highest BCUT2D eigenvalue weighted by molar-refractivity contribution is 7.89. The van der Waals surface area contributed by atoms with Crippen molar-refractivity contribution in [2.45, 2.75) is 6.54 Å². The van der Waals surface area contributed by atoms with E-state index in [1.165, 1.54) is 21.3 Å². The molecule has 0 aliphatic carbocycles. The molecule has 0 atom stereocenters. The third-order valence-corrected chi connectivity index (χ3v) is 6.82. The first-order chi connectivity index (χ1) is 13.8. The molecule has 0 aromatic heterocycles. The Kier molecular flexibility index (Phi) is 7.23. The highest BCUT2D eigenvalue weighted by Crippen LogP contribution is 2.16. The Morgan fingerprint density at radius 2 is 1.83 bits per heavy atom. The van der Waals surface area contributed by atoms with E-state index in [1.54, 1.807) is 36.4 Å². The van der Waals surface area contributed by atoms with Gasteiger partial charge in [-0.15, -0.1) is 0 Å². The Labute approximate surface area is 175 Å². The second-order valence-corrected chi connectivity index (χ2v) is 9.35. The van der Waals surface area contributed by atoms with E-state index in [0.717, 1.165) is 0 Å². The molecule has 0 unspecified atom stereocenters. The van der Waals surface area contributed by atoms with Gasteiger partial charge >= 0.3 is 0 Å². The van der Waals surface area contributed by atoms with Gasteiger partial charge in [-0.1, -0.05) is 29.8 Å². The highest BCUT2D eigenvalue weighted by Gasteiger charge is 2.26. The van der Waals surface area contributed by atoms with Crippen molar-refractivity contribution in [1.29, 1.82) is 0 Å². The number of benzene rings is 2. The van der Waals surface area contributed by atoms with Crippen molar-refractivity contribution in [3.63, 3.8) is 0 Å². The first kappa shape index (κ1) is 21.7. The summed E-state index contributed by atoms with van der Waals surface area (Å²) in [5.41, 5.74) is 1.08. The Morgan fingerprint density at radius 3 is 2.48 bits per heavy atom. The monoisotopic (exact) mass is 439 g/mol. The van der Waals surface area contributed by atoms with Crippen LogP contribution in [-0.4, -0.2) is 62.0 Å². The molecule has 0 radical (unpaired) electrons. The molecule has 29 heavy (non-hydrogen) atoms. The molecule has 2 aromatic rings. The Bertz CT molecular complexity index is 948. The molecule has 1 saturated heterocycles. The van der Waals surface area contributed by atoms with Crippen molar-refractivity contribution in [3.05, 3.63) is 70.5 Å². The summed E-state index contributed by atoms with van der Waals surface area (Å²) < 4.78 is 40.0. The molecule has 0 saturated carbocycles. The SMILES string of the molecule is O=C(c1cccc(Cl)c1)N(CCS(=O)(=O)N1CCNCC1)Cc1ccc(F)cc1. The van der Waals surface area contributed by atoms with Crippen molar-refractivity contribution in [1.82, 2.24) is 14.5 Å². The number of nitrogens with zero attached hydrogens (tertiary/aromatic N) is 2. The van der Waals surface area contributed by atoms with E-state index in [1.807, 2.05) is 0 Å². The average Bonchev–Trinajstić information content (AvgIpc) is 2.72. The molecule has 1 fully saturated rings. The van der Waals surface area contributed by atoms with Crippen LogP contribution in [0.25, 0.3) is 0 Å². The molecule has 1 aliphatic heterocycles. The number of piperazine rings is 1. The summed E-state index contributed by atoms with van der Waals surface area (Å²) in [7, 11) is -3.49. The fourth-order valence-electron chi connectivity index (χ4n) is 3.14. The number of amides is 1. The van der Waals surface area contributed by atoms with Gasteiger partial charge < -0.3 is 10.2 Å². The zero-order valence-corrected chi connectivity index (χ0v) is 17.4. The van der Waals surface area contributed by atoms with Crippen LogP contribution in [-0.2, 0) is 16.6 Å². The lowest BCUT2D eigenvalue weighted by atomic mass is 10.1. The van der Waals surface area contributed by atoms with Crippen LogP contribution in [0.3, 0.4) is 0 Å². The lowest BCUT2D eigenvalue weighted by Gasteiger charge is -2.28. The van der Waals surface area contributed by atoms with Gasteiger partial charge in [0.1, 0.15) is 5.82 Å². The van der Waals surface area contributed by atoms with E-state index in [9.17, 15) is 17.6 Å². The maximum atomic E-state index is 13.2. The van der Waals surface area contributed by atoms with Crippen LogP contribution >= 0.6 is 11.6 Å². The molecule has 156 valence electrons. The summed E-state index contributed by atoms with van der Waals surface area (Å²) in [6.45, 7) is 2.25. The normalized spacial score (nSPS) is 15.2. The summed E-state index contributed by atoms with van der Waals surface area (Å²) in [6.07, 6.45) is 0. The van der Waals surface area contributed by atoms with E-state index in [-0.39, 0.29) is 30.6 Å². The Morgan fingerprint density at radius 1 is 1.14 bits per heavy atom. The molecule has 1 amide bonds. The third-order valence-electron chi connectivity index (χ3n) is 4.73. The predicted octanol–water partition coefficient (Wildman–Crippen LogP) is 2.36. The van der Waals surface area contributed by atoms with Gasteiger partial charge in [0, 0.05) is 49.9 Å². The predicted molar refractivity (Wildman–Crippen MR) is 111 cm³/mol. The van der Waals surface area contributed by atoms with Gasteiger partial charge in [-0.2, -0.15) is 4.31 Å². The number of nitrogens with one attached hydrogen (secondary N) is 1. The highest BCUT2D eigenvalue weighted by atomic mass is 35.5. The van der Waals surface area contributed by atoms with Crippen molar-refractivity contribution in [2.75, 3.05) is 38.5 Å². The third kappa shape index (κ3) is 5.99. The van der Waals surface area contributed by atoms with Crippen LogP contribution in [0.5, 0.6) is 0 Å². The number of carbonyl (C=O) groups excluding carboxylic acids is 1. The minimum absolute atomic E-state index is 0.0228. The summed E-state index contributed by atoms with van der Waals surface area (Å²) in [4.78, 5) is 14.5. The van der Waals surface area contributed by atoms with Gasteiger partial charge in [-0.3, -0.25) is 4.79 Å². The number of halogens is 2. The number of hydrogen-bond acceptors (Lipinski definition) is 4. The molecule has 9 heteroatoms. The smallest absolute Gasteiger partial charge is 0.254 e. The second kappa shape index (κ2) is 9.67. The maximum Gasteiger partial charge on any atom is 0.254 e. The topological polar surface area (TPSA) is 69.7 Å². The van der Waals surface area contributed by atoms with Crippen LogP contribution in [0, 0.1) is 5.82 Å². The Balaban J connectivity index is 1.78. The molecule has 0 bridgehead atoms. The molecule has 1 N–H and O–H groups in total. The van der Waals surface area contributed by atoms with E-state index in [0.29, 0.717) is 42.3 Å². The molecule has 1 aliphatic rings. The van der Waals surface area contributed by atoms with E-state index < -0.39 is 10.0 Å². The maximum absolute atomic E-state index is 13.2. The van der Waals surface area contributed by atoms with Crippen molar-refractivity contribution in [3.8, 4) is 0 Å². The number of hydrogen-bond donors (Lipinski definition) is 1. The molecule has 3 rings (SSSR count). The summed E-state index contributed by atoms with van der Waals surface area (Å²) in [5, 5.41) is 3.54. The average molecular weight is 440 g/mol. The quantitative estimate of drug-likeness (QED) is 0.719. The minimum atomic E-state index is -3.49. The lowest BCUT2D eigenvalue weighted by Crippen LogP contribution is -2.48. The summed E-state index contributed by atoms with van der Waals surface area (Å²) in [6, 6.07) is 12.3. The van der Waals surface area contributed by atoms with Gasteiger partial charge in [-0.25, -0.2) is 12.8 Å². The standard InChI is InChI=1S/C20H23ClFN3O3S/c21-18-3-1-2-17(14-18)20(26)24(15-16-4-6-19(22)7-5-16)12-13-29(27,28)25-10-8-23-9-11-25/h1-7,14,23H,8-13,15H2. The van der Waals surface area contributed by atoms with Gasteiger partial charge in [0.05, 0.1) is 5.75 Å². The molecule has 6 nitrogen and oxygen atoms in total. The fourth-order valence-corrected chi connectivity index (χ4v) is 4.78. The summed E-state index contributed by atoms with van der Waals surface area (Å²) >= 11 is 6.00. The second-order valence-electron chi connectivity index (χ2n) is 6.83. The zero-order valence-electron chi connectivity index (χ0n) is 15.9. The van der Waals surface area contributed by atoms with Crippen molar-refractivity contribution >= 4 is 27.5 Å². The van der Waals surface area contributed by atoms with E-state index in [2.05, 4.69) is 5.32 Å². The van der Waals surface area contributed by atoms with Gasteiger partial charge in [0.15, 0.2) is 0 Å². The minimum Gasteiger partial charge on any atom is -0.333 e. The van der Waals surface area contributed by atoms with Crippen LogP contribution in [0.4, 0.5) is 4.39 Å². The first-order valence-corrected chi connectivity index (χ1v) is 11.3. The molecular weight excluding hydrogens is 417 g/mol. The van der Waals surface area contributed by atoms with Crippen molar-refractivity contribution in [2.24, 2.45) is 0 Å². The van der Waals surface area contributed by atoms with Crippen LogP contribution in [0.2, 0.25) is 5.02 Å². The number of sulfonamides is 1. The molecule has 1 heterocycles. The first-order valence-electron chi connectivity index (χ1n) is 9.33. The fraction of sp³-hybridized carbons (Fsp3) is 0.350. The number of rotatable bonds is 7. The van der Waals surface area contributed by atoms with Gasteiger partial charge in [-0.05, 0) is 35.9 Å². The van der Waals surface area contributed by atoms with Gasteiger partial charge in [0.2, 0.25) is 10.0 Å². The van der Waals surface area contributed by atoms with Crippen LogP contribution in [0.15, 0.2) is 48.5 Å². The van der Waals surface area contributed by atoms with Gasteiger partial charge in [0.25, 0.3) is 5.91 Å². The molecule has 2 aromatic carbocycles. The van der Waals surface area contributed by atoms with Crippen LogP contribution < -0.4 is 5.32 Å².